The number of halogens is 1. The van der Waals surface area contributed by atoms with E-state index in [9.17, 15) is 14.9 Å². The summed E-state index contributed by atoms with van der Waals surface area (Å²) in [6, 6.07) is 24.4. The summed E-state index contributed by atoms with van der Waals surface area (Å²) < 4.78 is 6.36. The van der Waals surface area contributed by atoms with E-state index in [2.05, 4.69) is 27.9 Å². The van der Waals surface area contributed by atoms with E-state index in [1.807, 2.05) is 24.3 Å². The van der Waals surface area contributed by atoms with Crippen LogP contribution in [0.2, 0.25) is 0 Å². The third kappa shape index (κ3) is 5.77. The number of anilines is 1. The zero-order valence-electron chi connectivity index (χ0n) is 15.1. The zero-order valence-corrected chi connectivity index (χ0v) is 17.3. The Morgan fingerprint density at radius 3 is 2.21 bits per heavy atom. The predicted octanol–water partition coefficient (Wildman–Crippen LogP) is 5.06. The standard InChI is InChI=1S/C23H15IN2O3/c24-19-8-10-20(11-9-19)26-22(27)18(15-25)14-16-6-12-21(13-7-16)29-23(28)17-4-2-1-3-5-17/h1-14H,(H,26,27)/b18-14+. The number of hydrogen-bond donors (Lipinski definition) is 1. The molecule has 0 aliphatic rings. The number of benzene rings is 3. The van der Waals surface area contributed by atoms with Gasteiger partial charge in [0, 0.05) is 9.26 Å². The zero-order chi connectivity index (χ0) is 20.6. The highest BCUT2D eigenvalue weighted by Crippen LogP contribution is 2.17. The molecule has 3 rings (SSSR count). The van der Waals surface area contributed by atoms with Gasteiger partial charge in [0.15, 0.2) is 0 Å². The first kappa shape index (κ1) is 20.3. The van der Waals surface area contributed by atoms with E-state index >= 15 is 0 Å². The average molecular weight is 494 g/mol. The van der Waals surface area contributed by atoms with Crippen LogP contribution in [0.25, 0.3) is 6.08 Å². The Balaban J connectivity index is 1.68. The largest absolute Gasteiger partial charge is 0.423 e. The molecule has 0 spiro atoms. The van der Waals surface area contributed by atoms with Gasteiger partial charge in [0.25, 0.3) is 5.91 Å². The van der Waals surface area contributed by atoms with Crippen LogP contribution in [0.15, 0.2) is 84.4 Å². The smallest absolute Gasteiger partial charge is 0.343 e. The molecule has 3 aromatic rings. The number of ether oxygens (including phenoxy) is 1. The Labute approximate surface area is 181 Å². The van der Waals surface area contributed by atoms with Crippen LogP contribution in [0.1, 0.15) is 15.9 Å². The molecule has 142 valence electrons. The first-order chi connectivity index (χ1) is 14.0. The Morgan fingerprint density at radius 2 is 1.59 bits per heavy atom. The molecule has 0 fully saturated rings. The second kappa shape index (κ2) is 9.66. The van der Waals surface area contributed by atoms with Gasteiger partial charge < -0.3 is 10.1 Å². The Hall–Kier alpha value is -3.44. The highest BCUT2D eigenvalue weighted by atomic mass is 127. The molecule has 0 bridgehead atoms. The topological polar surface area (TPSA) is 79.2 Å². The SMILES string of the molecule is N#C/C(=C\c1ccc(OC(=O)c2ccccc2)cc1)C(=O)Nc1ccc(I)cc1. The van der Waals surface area contributed by atoms with Crippen LogP contribution < -0.4 is 10.1 Å². The number of carbonyl (C=O) groups excluding carboxylic acids is 2. The number of hydrogen-bond acceptors (Lipinski definition) is 4. The quantitative estimate of drug-likeness (QED) is 0.177. The van der Waals surface area contributed by atoms with Gasteiger partial charge in [0.05, 0.1) is 5.56 Å². The molecule has 0 heterocycles. The van der Waals surface area contributed by atoms with Crippen molar-refractivity contribution in [1.29, 1.82) is 5.26 Å². The first-order valence-corrected chi connectivity index (χ1v) is 9.69. The molecule has 1 N–H and O–H groups in total. The molecule has 0 aromatic heterocycles. The van der Waals surface area contributed by atoms with E-state index in [1.165, 1.54) is 6.08 Å². The molecule has 0 radical (unpaired) electrons. The van der Waals surface area contributed by atoms with Crippen molar-refractivity contribution < 1.29 is 14.3 Å². The van der Waals surface area contributed by atoms with Crippen molar-refractivity contribution in [2.75, 3.05) is 5.32 Å². The minimum atomic E-state index is -0.492. The number of nitrogens with one attached hydrogen (secondary N) is 1. The van der Waals surface area contributed by atoms with E-state index in [0.29, 0.717) is 22.6 Å². The van der Waals surface area contributed by atoms with Crippen molar-refractivity contribution in [1.82, 2.24) is 0 Å². The molecule has 1 amide bonds. The van der Waals surface area contributed by atoms with E-state index < -0.39 is 11.9 Å². The summed E-state index contributed by atoms with van der Waals surface area (Å²) in [6.45, 7) is 0. The van der Waals surface area contributed by atoms with Crippen LogP contribution in [-0.2, 0) is 4.79 Å². The highest BCUT2D eigenvalue weighted by molar-refractivity contribution is 14.1. The van der Waals surface area contributed by atoms with Crippen molar-refractivity contribution in [2.24, 2.45) is 0 Å². The predicted molar refractivity (Wildman–Crippen MR) is 119 cm³/mol. The molecule has 0 atom stereocenters. The second-order valence-corrected chi connectivity index (χ2v) is 7.20. The van der Waals surface area contributed by atoms with Crippen LogP contribution in [0, 0.1) is 14.9 Å². The Kier molecular flexibility index (Phi) is 6.76. The van der Waals surface area contributed by atoms with Gasteiger partial charge in [0.2, 0.25) is 0 Å². The normalized spacial score (nSPS) is 10.7. The maximum atomic E-state index is 12.3. The van der Waals surface area contributed by atoms with Crippen LogP contribution in [0.3, 0.4) is 0 Å². The number of nitrogens with zero attached hydrogens (tertiary/aromatic N) is 1. The number of carbonyl (C=O) groups is 2. The molecule has 0 saturated heterocycles. The lowest BCUT2D eigenvalue weighted by molar-refractivity contribution is -0.112. The monoisotopic (exact) mass is 494 g/mol. The summed E-state index contributed by atoms with van der Waals surface area (Å²) in [5.74, 6) is -0.574. The molecule has 0 unspecified atom stereocenters. The van der Waals surface area contributed by atoms with Crippen LogP contribution in [0.4, 0.5) is 5.69 Å². The highest BCUT2D eigenvalue weighted by Gasteiger charge is 2.10. The third-order valence-electron chi connectivity index (χ3n) is 3.88. The minimum Gasteiger partial charge on any atom is -0.423 e. The number of nitriles is 1. The molecule has 3 aromatic carbocycles. The van der Waals surface area contributed by atoms with Gasteiger partial charge in [0.1, 0.15) is 17.4 Å². The van der Waals surface area contributed by atoms with E-state index in [4.69, 9.17) is 4.74 Å². The maximum absolute atomic E-state index is 12.3. The van der Waals surface area contributed by atoms with Crippen molar-refractivity contribution >= 4 is 46.2 Å². The molecular formula is C23H15IN2O3. The van der Waals surface area contributed by atoms with Gasteiger partial charge in [-0.25, -0.2) is 4.79 Å². The number of esters is 1. The minimum absolute atomic E-state index is 0.0300. The third-order valence-corrected chi connectivity index (χ3v) is 4.60. The Bertz CT molecular complexity index is 1080. The fourth-order valence-electron chi connectivity index (χ4n) is 2.42. The number of rotatable bonds is 5. The number of amides is 1. The lowest BCUT2D eigenvalue weighted by Crippen LogP contribution is -2.13. The van der Waals surface area contributed by atoms with Crippen LogP contribution in [-0.4, -0.2) is 11.9 Å². The molecule has 29 heavy (non-hydrogen) atoms. The fraction of sp³-hybridized carbons (Fsp3) is 0. The van der Waals surface area contributed by atoms with Crippen molar-refractivity contribution in [3.8, 4) is 11.8 Å². The van der Waals surface area contributed by atoms with E-state index in [0.717, 1.165) is 3.57 Å². The van der Waals surface area contributed by atoms with Crippen molar-refractivity contribution in [3.05, 3.63) is 99.1 Å². The summed E-state index contributed by atoms with van der Waals surface area (Å²) >= 11 is 2.17. The summed E-state index contributed by atoms with van der Waals surface area (Å²) in [5, 5.41) is 12.0. The summed E-state index contributed by atoms with van der Waals surface area (Å²) in [6.07, 6.45) is 1.48. The summed E-state index contributed by atoms with van der Waals surface area (Å²) in [7, 11) is 0. The lowest BCUT2D eigenvalue weighted by atomic mass is 10.1. The van der Waals surface area contributed by atoms with Gasteiger partial charge in [-0.05, 0) is 82.8 Å². The molecule has 5 nitrogen and oxygen atoms in total. The first-order valence-electron chi connectivity index (χ1n) is 8.61. The average Bonchev–Trinajstić information content (AvgIpc) is 2.75. The Morgan fingerprint density at radius 1 is 0.931 bits per heavy atom. The van der Waals surface area contributed by atoms with E-state index in [1.54, 1.807) is 60.7 Å². The van der Waals surface area contributed by atoms with Crippen LogP contribution in [0.5, 0.6) is 5.75 Å². The summed E-state index contributed by atoms with van der Waals surface area (Å²) in [4.78, 5) is 24.4. The molecule has 0 saturated carbocycles. The fourth-order valence-corrected chi connectivity index (χ4v) is 2.78. The summed E-state index contributed by atoms with van der Waals surface area (Å²) in [5.41, 5.74) is 1.67. The second-order valence-electron chi connectivity index (χ2n) is 5.96. The maximum Gasteiger partial charge on any atom is 0.343 e. The lowest BCUT2D eigenvalue weighted by Gasteiger charge is -2.06. The molecule has 0 aliphatic heterocycles. The van der Waals surface area contributed by atoms with Gasteiger partial charge >= 0.3 is 5.97 Å². The van der Waals surface area contributed by atoms with Crippen molar-refractivity contribution in [2.45, 2.75) is 0 Å². The van der Waals surface area contributed by atoms with Gasteiger partial charge in [-0.15, -0.1) is 0 Å². The van der Waals surface area contributed by atoms with Gasteiger partial charge in [-0.1, -0.05) is 30.3 Å². The van der Waals surface area contributed by atoms with E-state index in [-0.39, 0.29) is 5.57 Å². The van der Waals surface area contributed by atoms with Gasteiger partial charge in [-0.3, -0.25) is 4.79 Å². The molecular weight excluding hydrogens is 479 g/mol. The van der Waals surface area contributed by atoms with Crippen molar-refractivity contribution in [3.63, 3.8) is 0 Å². The van der Waals surface area contributed by atoms with Crippen LogP contribution >= 0.6 is 22.6 Å². The van der Waals surface area contributed by atoms with Gasteiger partial charge in [-0.2, -0.15) is 5.26 Å². The molecule has 6 heteroatoms. The molecule has 0 aliphatic carbocycles.